The summed E-state index contributed by atoms with van der Waals surface area (Å²) in [7, 11) is -3.58. The number of phenols is 1. The number of phenolic OH excluding ortho intramolecular Hbond substituents is 1. The van der Waals surface area contributed by atoms with Crippen LogP contribution in [0.4, 0.5) is 0 Å². The molecule has 0 aliphatic heterocycles. The van der Waals surface area contributed by atoms with Crippen molar-refractivity contribution >= 4 is 10.0 Å². The Labute approximate surface area is 77.1 Å². The van der Waals surface area contributed by atoms with E-state index in [0.717, 1.165) is 5.56 Å². The molecule has 0 radical (unpaired) electrons. The summed E-state index contributed by atoms with van der Waals surface area (Å²) in [6, 6.07) is 4.75. The van der Waals surface area contributed by atoms with Crippen molar-refractivity contribution in [2.45, 2.75) is 12.7 Å². The van der Waals surface area contributed by atoms with Crippen LogP contribution in [0.3, 0.4) is 0 Å². The topological polar surface area (TPSA) is 80.4 Å². The third-order valence-electron chi connectivity index (χ3n) is 1.59. The van der Waals surface area contributed by atoms with E-state index in [1.807, 2.05) is 6.92 Å². The molecule has 0 aliphatic carbocycles. The van der Waals surface area contributed by atoms with Gasteiger partial charge in [0.1, 0.15) is 5.75 Å². The number of hydrogen-bond donors (Lipinski definition) is 2. The van der Waals surface area contributed by atoms with E-state index >= 15 is 0 Å². The van der Waals surface area contributed by atoms with Crippen LogP contribution in [-0.2, 0) is 15.8 Å². The summed E-state index contributed by atoms with van der Waals surface area (Å²) in [5.74, 6) is -0.375. The third kappa shape index (κ3) is 3.04. The zero-order valence-corrected chi connectivity index (χ0v) is 8.00. The van der Waals surface area contributed by atoms with E-state index in [1.165, 1.54) is 6.07 Å². The van der Waals surface area contributed by atoms with Crippen LogP contribution in [0.25, 0.3) is 0 Å². The number of sulfonamides is 1. The maximum absolute atomic E-state index is 10.7. The second-order valence-electron chi connectivity index (χ2n) is 2.94. The Hall–Kier alpha value is -1.07. The predicted molar refractivity (Wildman–Crippen MR) is 49.7 cm³/mol. The normalized spacial score (nSPS) is 11.5. The molecule has 1 aromatic rings. The highest BCUT2D eigenvalue weighted by molar-refractivity contribution is 7.88. The minimum absolute atomic E-state index is 0.0420. The second-order valence-corrected chi connectivity index (χ2v) is 4.55. The summed E-state index contributed by atoms with van der Waals surface area (Å²) in [5, 5.41) is 14.1. The smallest absolute Gasteiger partial charge is 0.213 e. The summed E-state index contributed by atoms with van der Waals surface area (Å²) in [5.41, 5.74) is 1.22. The Morgan fingerprint density at radius 2 is 2.08 bits per heavy atom. The lowest BCUT2D eigenvalue weighted by Gasteiger charge is -2.03. The van der Waals surface area contributed by atoms with Crippen molar-refractivity contribution in [3.8, 4) is 5.75 Å². The highest BCUT2D eigenvalue weighted by atomic mass is 32.2. The van der Waals surface area contributed by atoms with Crippen LogP contribution >= 0.6 is 0 Å². The molecule has 0 unspecified atom stereocenters. The van der Waals surface area contributed by atoms with Gasteiger partial charge in [-0.3, -0.25) is 0 Å². The van der Waals surface area contributed by atoms with Crippen molar-refractivity contribution in [3.05, 3.63) is 29.3 Å². The van der Waals surface area contributed by atoms with E-state index < -0.39 is 10.0 Å². The fraction of sp³-hybridized carbons (Fsp3) is 0.250. The van der Waals surface area contributed by atoms with Crippen LogP contribution in [0.5, 0.6) is 5.75 Å². The van der Waals surface area contributed by atoms with Gasteiger partial charge < -0.3 is 5.11 Å². The number of benzene rings is 1. The standard InChI is InChI=1S/C8H11NO3S/c1-6-2-3-8(10)7(4-6)5-13(9,11)12/h2-4,10H,5H2,1H3,(H2,9,11,12). The maximum atomic E-state index is 10.7. The van der Waals surface area contributed by atoms with Gasteiger partial charge in [-0.25, -0.2) is 13.6 Å². The lowest BCUT2D eigenvalue weighted by atomic mass is 10.1. The average molecular weight is 201 g/mol. The molecule has 0 fully saturated rings. The molecule has 0 spiro atoms. The van der Waals surface area contributed by atoms with Gasteiger partial charge in [-0.15, -0.1) is 0 Å². The first kappa shape index (κ1) is 10.0. The number of aromatic hydroxyl groups is 1. The molecule has 0 bridgehead atoms. The molecular weight excluding hydrogens is 190 g/mol. The molecule has 0 amide bonds. The highest BCUT2D eigenvalue weighted by Crippen LogP contribution is 2.19. The highest BCUT2D eigenvalue weighted by Gasteiger charge is 2.08. The molecule has 4 nitrogen and oxygen atoms in total. The van der Waals surface area contributed by atoms with Crippen LogP contribution in [0.15, 0.2) is 18.2 Å². The monoisotopic (exact) mass is 201 g/mol. The third-order valence-corrected chi connectivity index (χ3v) is 2.31. The van der Waals surface area contributed by atoms with Crippen LogP contribution in [0.1, 0.15) is 11.1 Å². The van der Waals surface area contributed by atoms with E-state index in [-0.39, 0.29) is 11.5 Å². The maximum Gasteiger partial charge on any atom is 0.213 e. The van der Waals surface area contributed by atoms with E-state index in [0.29, 0.717) is 5.56 Å². The largest absolute Gasteiger partial charge is 0.508 e. The van der Waals surface area contributed by atoms with Crippen molar-refractivity contribution in [1.29, 1.82) is 0 Å². The summed E-state index contributed by atoms with van der Waals surface area (Å²) in [6.45, 7) is 1.81. The van der Waals surface area contributed by atoms with Crippen LogP contribution < -0.4 is 5.14 Å². The van der Waals surface area contributed by atoms with Crippen molar-refractivity contribution in [2.75, 3.05) is 0 Å². The van der Waals surface area contributed by atoms with Gasteiger partial charge in [0.25, 0.3) is 0 Å². The fourth-order valence-corrected chi connectivity index (χ4v) is 1.71. The zero-order valence-electron chi connectivity index (χ0n) is 7.19. The summed E-state index contributed by atoms with van der Waals surface area (Å²) in [4.78, 5) is 0. The SMILES string of the molecule is Cc1ccc(O)c(CS(N)(=O)=O)c1. The molecule has 0 aliphatic rings. The van der Waals surface area contributed by atoms with Crippen molar-refractivity contribution in [3.63, 3.8) is 0 Å². The average Bonchev–Trinajstić information content (AvgIpc) is 1.94. The molecule has 13 heavy (non-hydrogen) atoms. The van der Waals surface area contributed by atoms with Crippen LogP contribution in [0, 0.1) is 6.92 Å². The van der Waals surface area contributed by atoms with E-state index in [4.69, 9.17) is 5.14 Å². The molecule has 0 aromatic heterocycles. The van der Waals surface area contributed by atoms with Crippen molar-refractivity contribution < 1.29 is 13.5 Å². The fourth-order valence-electron chi connectivity index (χ4n) is 1.05. The molecule has 0 saturated carbocycles. The Kier molecular flexibility index (Phi) is 2.58. The van der Waals surface area contributed by atoms with Crippen LogP contribution in [0.2, 0.25) is 0 Å². The molecule has 1 rings (SSSR count). The van der Waals surface area contributed by atoms with Crippen LogP contribution in [-0.4, -0.2) is 13.5 Å². The molecule has 0 heterocycles. The van der Waals surface area contributed by atoms with E-state index in [9.17, 15) is 13.5 Å². The number of primary sulfonamides is 1. The van der Waals surface area contributed by atoms with Gasteiger partial charge in [0, 0.05) is 5.56 Å². The van der Waals surface area contributed by atoms with Gasteiger partial charge >= 0.3 is 0 Å². The van der Waals surface area contributed by atoms with E-state index in [2.05, 4.69) is 0 Å². The molecule has 0 saturated heterocycles. The lowest BCUT2D eigenvalue weighted by molar-refractivity contribution is 0.469. The van der Waals surface area contributed by atoms with Gasteiger partial charge in [-0.2, -0.15) is 0 Å². The first-order chi connectivity index (χ1) is 5.88. The summed E-state index contributed by atoms with van der Waals surface area (Å²) in [6.07, 6.45) is 0. The molecule has 5 heteroatoms. The predicted octanol–water partition coefficient (Wildman–Crippen LogP) is 0.489. The minimum Gasteiger partial charge on any atom is -0.508 e. The van der Waals surface area contributed by atoms with Gasteiger partial charge in [0.2, 0.25) is 10.0 Å². The molecule has 72 valence electrons. The second kappa shape index (κ2) is 3.35. The first-order valence-corrected chi connectivity index (χ1v) is 5.39. The van der Waals surface area contributed by atoms with Crippen molar-refractivity contribution in [2.24, 2.45) is 5.14 Å². The molecule has 3 N–H and O–H groups in total. The van der Waals surface area contributed by atoms with Gasteiger partial charge in [0.05, 0.1) is 5.75 Å². The summed E-state index contributed by atoms with van der Waals surface area (Å²) >= 11 is 0. The summed E-state index contributed by atoms with van der Waals surface area (Å²) < 4.78 is 21.5. The molecular formula is C8H11NO3S. The van der Waals surface area contributed by atoms with Crippen molar-refractivity contribution in [1.82, 2.24) is 0 Å². The number of rotatable bonds is 2. The Bertz CT molecular complexity index is 411. The van der Waals surface area contributed by atoms with Gasteiger partial charge in [-0.05, 0) is 13.0 Å². The minimum atomic E-state index is -3.58. The Morgan fingerprint density at radius 3 is 2.62 bits per heavy atom. The van der Waals surface area contributed by atoms with E-state index in [1.54, 1.807) is 12.1 Å². The zero-order chi connectivity index (χ0) is 10.1. The number of nitrogens with two attached hydrogens (primary N) is 1. The number of aryl methyl sites for hydroxylation is 1. The first-order valence-electron chi connectivity index (χ1n) is 3.67. The molecule has 0 atom stereocenters. The Balaban J connectivity index is 3.08. The van der Waals surface area contributed by atoms with Gasteiger partial charge in [-0.1, -0.05) is 17.7 Å². The lowest BCUT2D eigenvalue weighted by Crippen LogP contribution is -2.14. The van der Waals surface area contributed by atoms with Gasteiger partial charge in [0.15, 0.2) is 0 Å². The Morgan fingerprint density at radius 1 is 1.46 bits per heavy atom. The molecule has 1 aromatic carbocycles. The quantitative estimate of drug-likeness (QED) is 0.730. The number of hydrogen-bond acceptors (Lipinski definition) is 3.